The molecule has 0 spiro atoms. The maximum Gasteiger partial charge on any atom is 0.220 e. The van der Waals surface area contributed by atoms with Crippen LogP contribution in [-0.4, -0.2) is 11.9 Å². The highest BCUT2D eigenvalue weighted by molar-refractivity contribution is 5.76. The lowest BCUT2D eigenvalue weighted by molar-refractivity contribution is -0.123. The normalized spacial score (nSPS) is 23.6. The van der Waals surface area contributed by atoms with Crippen molar-refractivity contribution in [2.75, 3.05) is 0 Å². The molecule has 0 radical (unpaired) electrons. The van der Waals surface area contributed by atoms with Gasteiger partial charge in [0.25, 0.3) is 0 Å². The summed E-state index contributed by atoms with van der Waals surface area (Å²) in [5, 5.41) is 2.83. The Balaban J connectivity index is 1.90. The predicted molar refractivity (Wildman–Crippen MR) is 77.5 cm³/mol. The van der Waals surface area contributed by atoms with Gasteiger partial charge < -0.3 is 11.1 Å². The van der Waals surface area contributed by atoms with Crippen molar-refractivity contribution in [3.63, 3.8) is 0 Å². The van der Waals surface area contributed by atoms with E-state index in [4.69, 9.17) is 5.73 Å². The van der Waals surface area contributed by atoms with E-state index in [1.807, 2.05) is 0 Å². The van der Waals surface area contributed by atoms with Crippen molar-refractivity contribution in [2.24, 2.45) is 11.7 Å². The first-order valence-electron chi connectivity index (χ1n) is 7.47. The molecule has 1 aromatic rings. The van der Waals surface area contributed by atoms with Gasteiger partial charge in [0.2, 0.25) is 5.91 Å². The van der Waals surface area contributed by atoms with Crippen LogP contribution in [0.15, 0.2) is 18.2 Å². The SMILES string of the molecule is CC(NC(=O)CC1CCCCC1N)c1ccc(F)c(F)c1. The third-order valence-electron chi connectivity index (χ3n) is 4.24. The number of amides is 1. The van der Waals surface area contributed by atoms with Gasteiger partial charge in [-0.05, 0) is 43.4 Å². The minimum Gasteiger partial charge on any atom is -0.350 e. The third-order valence-corrected chi connectivity index (χ3v) is 4.24. The van der Waals surface area contributed by atoms with Gasteiger partial charge in [-0.2, -0.15) is 0 Å². The van der Waals surface area contributed by atoms with Crippen LogP contribution in [0.5, 0.6) is 0 Å². The lowest BCUT2D eigenvalue weighted by Gasteiger charge is -2.28. The summed E-state index contributed by atoms with van der Waals surface area (Å²) in [4.78, 5) is 12.1. The molecule has 1 fully saturated rings. The van der Waals surface area contributed by atoms with Crippen molar-refractivity contribution < 1.29 is 13.6 Å². The molecular formula is C16H22F2N2O. The summed E-state index contributed by atoms with van der Waals surface area (Å²) in [6.45, 7) is 1.76. The van der Waals surface area contributed by atoms with E-state index in [0.29, 0.717) is 12.0 Å². The average molecular weight is 296 g/mol. The molecule has 0 saturated heterocycles. The Morgan fingerprint density at radius 1 is 1.33 bits per heavy atom. The van der Waals surface area contributed by atoms with Gasteiger partial charge in [0.15, 0.2) is 11.6 Å². The van der Waals surface area contributed by atoms with Crippen LogP contribution in [0.1, 0.15) is 50.6 Å². The molecule has 1 amide bonds. The summed E-state index contributed by atoms with van der Waals surface area (Å²) in [7, 11) is 0. The zero-order valence-electron chi connectivity index (χ0n) is 12.2. The topological polar surface area (TPSA) is 55.1 Å². The molecule has 5 heteroatoms. The van der Waals surface area contributed by atoms with Crippen molar-refractivity contribution in [1.29, 1.82) is 0 Å². The number of benzene rings is 1. The fraction of sp³-hybridized carbons (Fsp3) is 0.562. The Bertz CT molecular complexity index is 507. The Morgan fingerprint density at radius 3 is 2.71 bits per heavy atom. The molecule has 2 rings (SSSR count). The third kappa shape index (κ3) is 4.24. The van der Waals surface area contributed by atoms with E-state index in [1.54, 1.807) is 6.92 Å². The Hall–Kier alpha value is -1.49. The molecule has 3 nitrogen and oxygen atoms in total. The number of hydrogen-bond acceptors (Lipinski definition) is 2. The monoisotopic (exact) mass is 296 g/mol. The molecule has 0 bridgehead atoms. The summed E-state index contributed by atoms with van der Waals surface area (Å²) in [6, 6.07) is 3.41. The molecular weight excluding hydrogens is 274 g/mol. The van der Waals surface area contributed by atoms with Gasteiger partial charge in [0, 0.05) is 12.5 Å². The summed E-state index contributed by atoms with van der Waals surface area (Å²) in [5.74, 6) is -1.65. The van der Waals surface area contributed by atoms with Crippen LogP contribution in [0, 0.1) is 17.6 Å². The van der Waals surface area contributed by atoms with E-state index in [9.17, 15) is 13.6 Å². The minimum absolute atomic E-state index is 0.0862. The number of nitrogens with one attached hydrogen (secondary N) is 1. The first-order chi connectivity index (χ1) is 9.97. The summed E-state index contributed by atoms with van der Waals surface area (Å²) >= 11 is 0. The fourth-order valence-corrected chi connectivity index (χ4v) is 2.89. The zero-order chi connectivity index (χ0) is 15.4. The van der Waals surface area contributed by atoms with Crippen molar-refractivity contribution in [3.8, 4) is 0 Å². The second-order valence-electron chi connectivity index (χ2n) is 5.88. The molecule has 116 valence electrons. The van der Waals surface area contributed by atoms with E-state index in [1.165, 1.54) is 6.07 Å². The van der Waals surface area contributed by atoms with E-state index < -0.39 is 11.6 Å². The quantitative estimate of drug-likeness (QED) is 0.897. The molecule has 3 N–H and O–H groups in total. The Kier molecular flexibility index (Phi) is 5.28. The van der Waals surface area contributed by atoms with Crippen LogP contribution in [-0.2, 0) is 4.79 Å². The van der Waals surface area contributed by atoms with Crippen molar-refractivity contribution >= 4 is 5.91 Å². The maximum absolute atomic E-state index is 13.2. The largest absolute Gasteiger partial charge is 0.350 e. The molecule has 0 heterocycles. The molecule has 3 unspecified atom stereocenters. The van der Waals surface area contributed by atoms with Crippen LogP contribution in [0.25, 0.3) is 0 Å². The van der Waals surface area contributed by atoms with Crippen LogP contribution in [0.3, 0.4) is 0 Å². The molecule has 3 atom stereocenters. The van der Waals surface area contributed by atoms with Gasteiger partial charge in [0.1, 0.15) is 0 Å². The first kappa shape index (κ1) is 15.9. The van der Waals surface area contributed by atoms with Gasteiger partial charge in [0.05, 0.1) is 6.04 Å². The second-order valence-corrected chi connectivity index (χ2v) is 5.88. The maximum atomic E-state index is 13.2. The number of hydrogen-bond donors (Lipinski definition) is 2. The highest BCUT2D eigenvalue weighted by Crippen LogP contribution is 2.26. The number of halogens is 2. The summed E-state index contributed by atoms with van der Waals surface area (Å²) in [6.07, 6.45) is 4.59. The molecule has 1 saturated carbocycles. The van der Waals surface area contributed by atoms with Crippen molar-refractivity contribution in [3.05, 3.63) is 35.4 Å². The molecule has 1 aliphatic carbocycles. The van der Waals surface area contributed by atoms with Crippen LogP contribution >= 0.6 is 0 Å². The average Bonchev–Trinajstić information content (AvgIpc) is 2.44. The van der Waals surface area contributed by atoms with E-state index in [0.717, 1.165) is 37.8 Å². The number of rotatable bonds is 4. The van der Waals surface area contributed by atoms with Gasteiger partial charge in [-0.15, -0.1) is 0 Å². The number of carbonyl (C=O) groups excluding carboxylic acids is 1. The van der Waals surface area contributed by atoms with Crippen molar-refractivity contribution in [1.82, 2.24) is 5.32 Å². The minimum atomic E-state index is -0.900. The highest BCUT2D eigenvalue weighted by Gasteiger charge is 2.24. The van der Waals surface area contributed by atoms with Crippen LogP contribution in [0.4, 0.5) is 8.78 Å². The fourth-order valence-electron chi connectivity index (χ4n) is 2.89. The molecule has 1 aromatic carbocycles. The van der Waals surface area contributed by atoms with Gasteiger partial charge in [-0.25, -0.2) is 8.78 Å². The van der Waals surface area contributed by atoms with E-state index in [2.05, 4.69) is 5.32 Å². The van der Waals surface area contributed by atoms with Crippen molar-refractivity contribution in [2.45, 2.75) is 51.1 Å². The zero-order valence-corrected chi connectivity index (χ0v) is 12.2. The van der Waals surface area contributed by atoms with Crippen LogP contribution < -0.4 is 11.1 Å². The lowest BCUT2D eigenvalue weighted by Crippen LogP contribution is -2.37. The van der Waals surface area contributed by atoms with E-state index in [-0.39, 0.29) is 23.9 Å². The molecule has 0 aromatic heterocycles. The Morgan fingerprint density at radius 2 is 2.05 bits per heavy atom. The predicted octanol–water partition coefficient (Wildman–Crippen LogP) is 3.05. The molecule has 21 heavy (non-hydrogen) atoms. The second kappa shape index (κ2) is 6.98. The Labute approximate surface area is 123 Å². The van der Waals surface area contributed by atoms with Gasteiger partial charge >= 0.3 is 0 Å². The molecule has 1 aliphatic rings. The van der Waals surface area contributed by atoms with Gasteiger partial charge in [-0.1, -0.05) is 18.9 Å². The van der Waals surface area contributed by atoms with Crippen LogP contribution in [0.2, 0.25) is 0 Å². The highest BCUT2D eigenvalue weighted by atomic mass is 19.2. The number of nitrogens with two attached hydrogens (primary N) is 1. The van der Waals surface area contributed by atoms with Gasteiger partial charge in [-0.3, -0.25) is 4.79 Å². The van der Waals surface area contributed by atoms with E-state index >= 15 is 0 Å². The lowest BCUT2D eigenvalue weighted by atomic mass is 9.83. The first-order valence-corrected chi connectivity index (χ1v) is 7.47. The summed E-state index contributed by atoms with van der Waals surface area (Å²) < 4.78 is 26.1. The molecule has 0 aliphatic heterocycles. The number of carbonyl (C=O) groups is 1. The summed E-state index contributed by atoms with van der Waals surface area (Å²) in [5.41, 5.74) is 6.59. The standard InChI is InChI=1S/C16H22F2N2O/c1-10(11-6-7-13(17)14(18)8-11)20-16(21)9-12-4-2-3-5-15(12)19/h6-8,10,12,15H,2-5,9,19H2,1H3,(H,20,21). The smallest absolute Gasteiger partial charge is 0.220 e.